The molecule has 0 aliphatic heterocycles. The van der Waals surface area contributed by atoms with E-state index in [0.717, 1.165) is 109 Å². The van der Waals surface area contributed by atoms with Gasteiger partial charge in [0, 0.05) is 87.4 Å². The largest absolute Gasteiger partial charge is 1.00 e. The molecule has 4 heterocycles. The minimum atomic E-state index is -10.7. The van der Waals surface area contributed by atoms with E-state index in [9.17, 15) is 46.2 Å². The SMILES string of the molecule is Cc1ccc2c(n1)c1nc(C)ccc1c1c(C#N)c3ccccc3c(C#N)c21.Cc1ccc2c(n1)c1nc(C)ccc1c1c(C#N)c3ccccc3c(C#N)c21.F[P-](F)(F)(F)(F)F.[Cu+]. The summed E-state index contributed by atoms with van der Waals surface area (Å²) in [7, 11) is -10.7. The molecule has 0 saturated carbocycles. The number of nitriles is 4. The van der Waals surface area contributed by atoms with Gasteiger partial charge in [0.25, 0.3) is 0 Å². The zero-order valence-electron chi connectivity index (χ0n) is 33.8. The van der Waals surface area contributed by atoms with Crippen LogP contribution in [0.5, 0.6) is 0 Å². The smallest absolute Gasteiger partial charge is 1.00 e. The van der Waals surface area contributed by atoms with Gasteiger partial charge in [-0.25, -0.2) is 0 Å². The summed E-state index contributed by atoms with van der Waals surface area (Å²) in [4.78, 5) is 19.0. The summed E-state index contributed by atoms with van der Waals surface area (Å²) >= 11 is 0. The number of rotatable bonds is 0. The van der Waals surface area contributed by atoms with Crippen LogP contribution in [0.2, 0.25) is 0 Å². The van der Waals surface area contributed by atoms with Crippen LogP contribution in [-0.2, 0) is 17.1 Å². The quantitative estimate of drug-likeness (QED) is 0.0480. The Morgan fingerprint density at radius 3 is 0.703 bits per heavy atom. The number of nitrogens with zero attached hydrogens (tertiary/aromatic N) is 8. The first-order chi connectivity index (χ1) is 29.7. The van der Waals surface area contributed by atoms with Crippen molar-refractivity contribution in [2.75, 3.05) is 0 Å². The second kappa shape index (κ2) is 15.4. The average Bonchev–Trinajstić information content (AvgIpc) is 3.23. The molecule has 0 bridgehead atoms. The molecule has 0 fully saturated rings. The van der Waals surface area contributed by atoms with Gasteiger partial charge >= 0.3 is 50.1 Å². The summed E-state index contributed by atoms with van der Waals surface area (Å²) in [5.74, 6) is 0. The van der Waals surface area contributed by atoms with E-state index in [4.69, 9.17) is 19.9 Å². The molecular weight excluding hydrogens is 897 g/mol. The van der Waals surface area contributed by atoms with Crippen LogP contribution in [0.1, 0.15) is 45.0 Å². The molecule has 8 nitrogen and oxygen atoms in total. The minimum absolute atomic E-state index is 0. The van der Waals surface area contributed by atoms with Crippen molar-refractivity contribution >= 4 is 94.5 Å². The molecule has 6 aromatic carbocycles. The predicted octanol–water partition coefficient (Wildman–Crippen LogP) is 14.3. The molecule has 10 rings (SSSR count). The summed E-state index contributed by atoms with van der Waals surface area (Å²) in [6, 6.07) is 40.4. The Kier molecular flexibility index (Phi) is 10.7. The van der Waals surface area contributed by atoms with Gasteiger partial charge in [-0.2, -0.15) is 21.0 Å². The third-order valence-corrected chi connectivity index (χ3v) is 10.5. The number of benzene rings is 6. The van der Waals surface area contributed by atoms with Gasteiger partial charge in [0.05, 0.1) is 44.3 Å². The van der Waals surface area contributed by atoms with E-state index in [0.29, 0.717) is 22.3 Å². The van der Waals surface area contributed by atoms with Crippen LogP contribution in [0.4, 0.5) is 25.2 Å². The molecule has 0 aliphatic rings. The van der Waals surface area contributed by atoms with Crippen LogP contribution in [0.15, 0.2) is 97.1 Å². The first-order valence-electron chi connectivity index (χ1n) is 19.0. The standard InChI is InChI=1S/2C24H14N4.Cu.F6P/c2*1-13-7-9-17-21-19(11-25)15-5-3-4-6-16(15)20(12-26)22(21)18-10-8-14(2)28-24(18)23(17)27-13;;1-7(2,3,4,5)6/h2*3-10H,1-2H3;;/q;;+1;-1. The van der Waals surface area contributed by atoms with Crippen LogP contribution < -0.4 is 0 Å². The number of aromatic nitrogens is 4. The van der Waals surface area contributed by atoms with Gasteiger partial charge in [-0.05, 0) is 52.0 Å². The molecule has 0 amide bonds. The van der Waals surface area contributed by atoms with Crippen molar-refractivity contribution in [3.63, 3.8) is 0 Å². The monoisotopic (exact) mass is 924 g/mol. The topological polar surface area (TPSA) is 147 Å². The summed E-state index contributed by atoms with van der Waals surface area (Å²) in [6.07, 6.45) is 0. The zero-order valence-corrected chi connectivity index (χ0v) is 35.7. The molecule has 0 radical (unpaired) electrons. The van der Waals surface area contributed by atoms with E-state index in [-0.39, 0.29) is 17.1 Å². The number of fused-ring (bicyclic) bond motifs is 14. The first-order valence-corrected chi connectivity index (χ1v) is 21.0. The van der Waals surface area contributed by atoms with Crippen molar-refractivity contribution < 1.29 is 42.3 Å². The normalized spacial score (nSPS) is 12.3. The van der Waals surface area contributed by atoms with Crippen LogP contribution >= 0.6 is 7.81 Å². The zero-order chi connectivity index (χ0) is 45.2. The second-order valence-corrected chi connectivity index (χ2v) is 16.8. The number of hydrogen-bond donors (Lipinski definition) is 0. The fourth-order valence-electron chi connectivity index (χ4n) is 8.17. The number of aryl methyl sites for hydroxylation is 4. The van der Waals surface area contributed by atoms with E-state index in [1.54, 1.807) is 0 Å². The summed E-state index contributed by atoms with van der Waals surface area (Å²) in [6.45, 7) is 7.77. The van der Waals surface area contributed by atoms with Crippen LogP contribution in [0.25, 0.3) is 86.7 Å². The second-order valence-electron chi connectivity index (χ2n) is 14.9. The van der Waals surface area contributed by atoms with E-state index in [1.807, 2.05) is 125 Å². The molecule has 0 aliphatic carbocycles. The van der Waals surface area contributed by atoms with Gasteiger partial charge in [0.2, 0.25) is 0 Å². The maximum atomic E-state index is 10.1. The molecule has 0 saturated heterocycles. The number of hydrogen-bond acceptors (Lipinski definition) is 8. The Morgan fingerprint density at radius 2 is 0.531 bits per heavy atom. The van der Waals surface area contributed by atoms with Crippen molar-refractivity contribution in [2.24, 2.45) is 0 Å². The average molecular weight is 925 g/mol. The Labute approximate surface area is 370 Å². The fraction of sp³-hybridized carbons (Fsp3) is 0.0833. The molecule has 0 spiro atoms. The Balaban J connectivity index is 0.000000165. The van der Waals surface area contributed by atoms with E-state index >= 15 is 0 Å². The van der Waals surface area contributed by atoms with Gasteiger partial charge < -0.3 is 0 Å². The molecule has 16 heteroatoms. The van der Waals surface area contributed by atoms with Gasteiger partial charge in [-0.15, -0.1) is 0 Å². The van der Waals surface area contributed by atoms with Crippen LogP contribution in [0, 0.1) is 73.0 Å². The molecule has 0 atom stereocenters. The van der Waals surface area contributed by atoms with Crippen molar-refractivity contribution in [3.8, 4) is 24.3 Å². The summed E-state index contributed by atoms with van der Waals surface area (Å²) < 4.78 is 59.2. The molecular formula is C48H28CuF6N8P. The molecule has 4 aromatic heterocycles. The fourth-order valence-corrected chi connectivity index (χ4v) is 8.17. The van der Waals surface area contributed by atoms with Crippen molar-refractivity contribution in [2.45, 2.75) is 27.7 Å². The van der Waals surface area contributed by atoms with Crippen LogP contribution in [0.3, 0.4) is 0 Å². The minimum Gasteiger partial charge on any atom is 1.00 e. The Hall–Kier alpha value is -7.51. The maximum absolute atomic E-state index is 10.7. The van der Waals surface area contributed by atoms with E-state index < -0.39 is 7.81 Å². The molecule has 10 aromatic rings. The number of halogens is 6. The van der Waals surface area contributed by atoms with Crippen molar-refractivity contribution in [1.29, 1.82) is 21.0 Å². The number of pyridine rings is 4. The maximum Gasteiger partial charge on any atom is 1.00 e. The molecule has 318 valence electrons. The Bertz CT molecular complexity index is 3370. The van der Waals surface area contributed by atoms with Gasteiger partial charge in [-0.1, -0.05) is 72.8 Å². The van der Waals surface area contributed by atoms with Crippen LogP contribution in [-0.4, -0.2) is 19.9 Å². The molecule has 0 unspecified atom stereocenters. The Morgan fingerprint density at radius 1 is 0.344 bits per heavy atom. The van der Waals surface area contributed by atoms with Gasteiger partial charge in [0.1, 0.15) is 24.3 Å². The summed E-state index contributed by atoms with van der Waals surface area (Å²) in [5.41, 5.74) is 8.89. The third-order valence-electron chi connectivity index (χ3n) is 10.5. The third kappa shape index (κ3) is 8.13. The van der Waals surface area contributed by atoms with Crippen molar-refractivity contribution in [1.82, 2.24) is 19.9 Å². The molecule has 64 heavy (non-hydrogen) atoms. The van der Waals surface area contributed by atoms with Crippen molar-refractivity contribution in [3.05, 3.63) is 142 Å². The van der Waals surface area contributed by atoms with Gasteiger partial charge in [0.15, 0.2) is 0 Å². The van der Waals surface area contributed by atoms with Gasteiger partial charge in [-0.3, -0.25) is 19.9 Å². The van der Waals surface area contributed by atoms with E-state index in [1.165, 1.54) is 0 Å². The predicted molar refractivity (Wildman–Crippen MR) is 235 cm³/mol. The summed E-state index contributed by atoms with van der Waals surface area (Å²) in [5, 5.41) is 49.9. The first kappa shape index (κ1) is 44.5. The molecule has 0 N–H and O–H groups in total. The van der Waals surface area contributed by atoms with E-state index in [2.05, 4.69) is 24.3 Å².